The van der Waals surface area contributed by atoms with Crippen molar-refractivity contribution in [2.24, 2.45) is 0 Å². The van der Waals surface area contributed by atoms with Crippen molar-refractivity contribution in [2.45, 2.75) is 36.9 Å². The average Bonchev–Trinajstić information content (AvgIpc) is 2.94. The van der Waals surface area contributed by atoms with Crippen molar-refractivity contribution in [1.29, 1.82) is 0 Å². The Morgan fingerprint density at radius 2 is 1.58 bits per heavy atom. The maximum atomic E-state index is 13.2. The van der Waals surface area contributed by atoms with Crippen molar-refractivity contribution >= 4 is 5.91 Å². The van der Waals surface area contributed by atoms with Gasteiger partial charge >= 0.3 is 23.9 Å². The van der Waals surface area contributed by atoms with Gasteiger partial charge in [-0.25, -0.2) is 4.98 Å². The number of imidazole rings is 1. The van der Waals surface area contributed by atoms with Gasteiger partial charge in [-0.2, -0.15) is 39.5 Å². The summed E-state index contributed by atoms with van der Waals surface area (Å²) < 4.78 is 115. The fourth-order valence-corrected chi connectivity index (χ4v) is 1.51. The van der Waals surface area contributed by atoms with Crippen molar-refractivity contribution in [2.75, 3.05) is 6.54 Å². The number of halogens is 9. The molecule has 1 N–H and O–H groups in total. The van der Waals surface area contributed by atoms with E-state index in [1.54, 1.807) is 0 Å². The molecule has 0 spiro atoms. The number of nitrogens with zero attached hydrogens (tertiary/aromatic N) is 2. The van der Waals surface area contributed by atoms with Crippen LogP contribution in [0.4, 0.5) is 39.5 Å². The summed E-state index contributed by atoms with van der Waals surface area (Å²) in [5.74, 6) is -23.2. The number of hydrogen-bond acceptors (Lipinski definition) is 2. The van der Waals surface area contributed by atoms with Gasteiger partial charge in [0.05, 0.1) is 6.33 Å². The number of aromatic nitrogens is 2. The Morgan fingerprint density at radius 1 is 1.00 bits per heavy atom. The average molecular weight is 371 g/mol. The molecule has 0 saturated heterocycles. The number of carbonyl (C=O) groups excluding carboxylic acids is 1. The molecule has 0 unspecified atom stereocenters. The number of carbonyl (C=O) groups is 1. The van der Waals surface area contributed by atoms with Gasteiger partial charge in [-0.1, -0.05) is 0 Å². The summed E-state index contributed by atoms with van der Waals surface area (Å²) in [6, 6.07) is 0. The maximum Gasteiger partial charge on any atom is 0.460 e. The molecule has 1 aromatic heterocycles. The Kier molecular flexibility index (Phi) is 5.45. The molecular formula is C11H10F9N3O. The first-order valence-corrected chi connectivity index (χ1v) is 6.19. The molecule has 0 aliphatic carbocycles. The van der Waals surface area contributed by atoms with Crippen molar-refractivity contribution in [3.05, 3.63) is 18.7 Å². The van der Waals surface area contributed by atoms with Gasteiger partial charge in [-0.05, 0) is 6.42 Å². The van der Waals surface area contributed by atoms with Gasteiger partial charge < -0.3 is 9.88 Å². The van der Waals surface area contributed by atoms with Gasteiger partial charge in [-0.3, -0.25) is 4.79 Å². The third-order valence-electron chi connectivity index (χ3n) is 2.87. The monoisotopic (exact) mass is 371 g/mol. The van der Waals surface area contributed by atoms with Crippen LogP contribution in [-0.4, -0.2) is 45.9 Å². The highest BCUT2D eigenvalue weighted by Crippen LogP contribution is 2.53. The molecule has 0 bridgehead atoms. The fourth-order valence-electron chi connectivity index (χ4n) is 1.51. The van der Waals surface area contributed by atoms with E-state index >= 15 is 0 Å². The summed E-state index contributed by atoms with van der Waals surface area (Å²) >= 11 is 0. The molecule has 0 aromatic carbocycles. The van der Waals surface area contributed by atoms with E-state index in [0.717, 1.165) is 0 Å². The van der Waals surface area contributed by atoms with Crippen LogP contribution in [0.1, 0.15) is 6.42 Å². The topological polar surface area (TPSA) is 46.9 Å². The first-order valence-electron chi connectivity index (χ1n) is 6.19. The van der Waals surface area contributed by atoms with Gasteiger partial charge in [0.1, 0.15) is 0 Å². The minimum absolute atomic E-state index is 0.0839. The second-order valence-corrected chi connectivity index (χ2v) is 4.63. The fraction of sp³-hybridized carbons (Fsp3) is 0.636. The van der Waals surface area contributed by atoms with E-state index in [1.807, 2.05) is 0 Å². The third kappa shape index (κ3) is 3.59. The van der Waals surface area contributed by atoms with Crippen LogP contribution in [0.5, 0.6) is 0 Å². The van der Waals surface area contributed by atoms with Crippen LogP contribution < -0.4 is 5.32 Å². The van der Waals surface area contributed by atoms with E-state index in [1.165, 1.54) is 28.6 Å². The van der Waals surface area contributed by atoms with Crippen LogP contribution in [0, 0.1) is 0 Å². The minimum atomic E-state index is -7.09. The number of alkyl halides is 9. The van der Waals surface area contributed by atoms with Gasteiger partial charge in [0.25, 0.3) is 5.91 Å². The third-order valence-corrected chi connectivity index (χ3v) is 2.87. The van der Waals surface area contributed by atoms with Crippen LogP contribution in [-0.2, 0) is 11.3 Å². The van der Waals surface area contributed by atoms with Crippen molar-refractivity contribution in [3.63, 3.8) is 0 Å². The van der Waals surface area contributed by atoms with Crippen LogP contribution in [0.3, 0.4) is 0 Å². The molecule has 138 valence electrons. The second kappa shape index (κ2) is 6.51. The number of rotatable bonds is 7. The highest BCUT2D eigenvalue weighted by molar-refractivity contribution is 5.84. The van der Waals surface area contributed by atoms with E-state index in [9.17, 15) is 44.3 Å². The van der Waals surface area contributed by atoms with E-state index in [-0.39, 0.29) is 13.0 Å². The molecule has 1 rings (SSSR count). The summed E-state index contributed by atoms with van der Waals surface area (Å²) in [5, 5.41) is 1.21. The Hall–Kier alpha value is -1.95. The molecule has 1 amide bonds. The zero-order valence-corrected chi connectivity index (χ0v) is 11.6. The van der Waals surface area contributed by atoms with Gasteiger partial charge in [0.15, 0.2) is 0 Å². The van der Waals surface area contributed by atoms with E-state index in [2.05, 4.69) is 4.98 Å². The lowest BCUT2D eigenvalue weighted by atomic mass is 10.0. The molecule has 1 heterocycles. The summed E-state index contributed by atoms with van der Waals surface area (Å²) in [7, 11) is 0. The summed E-state index contributed by atoms with van der Waals surface area (Å²) in [6.45, 7) is -0.540. The van der Waals surface area contributed by atoms with Crippen molar-refractivity contribution in [3.8, 4) is 0 Å². The Bertz CT molecular complexity index is 554. The molecule has 0 radical (unpaired) electrons. The van der Waals surface area contributed by atoms with E-state index < -0.39 is 36.4 Å². The second-order valence-electron chi connectivity index (χ2n) is 4.63. The molecule has 0 saturated carbocycles. The van der Waals surface area contributed by atoms with E-state index in [0.29, 0.717) is 0 Å². The normalized spacial score (nSPS) is 13.9. The van der Waals surface area contributed by atoms with Gasteiger partial charge in [0.2, 0.25) is 0 Å². The number of hydrogen-bond donors (Lipinski definition) is 1. The Morgan fingerprint density at radius 3 is 2.04 bits per heavy atom. The van der Waals surface area contributed by atoms with Crippen LogP contribution in [0.15, 0.2) is 18.7 Å². The van der Waals surface area contributed by atoms with Gasteiger partial charge in [0, 0.05) is 25.5 Å². The summed E-state index contributed by atoms with van der Waals surface area (Å²) in [5.41, 5.74) is 0. The predicted octanol–water partition coefficient (Wildman–Crippen LogP) is 2.86. The highest BCUT2D eigenvalue weighted by Gasteiger charge is 2.83. The first kappa shape index (κ1) is 20.1. The zero-order chi connectivity index (χ0) is 18.8. The molecule has 13 heteroatoms. The quantitative estimate of drug-likeness (QED) is 0.592. The minimum Gasteiger partial charge on any atom is -0.351 e. The summed E-state index contributed by atoms with van der Waals surface area (Å²) in [4.78, 5) is 14.6. The molecule has 4 nitrogen and oxygen atoms in total. The smallest absolute Gasteiger partial charge is 0.351 e. The lowest BCUT2D eigenvalue weighted by Gasteiger charge is -2.32. The van der Waals surface area contributed by atoms with Gasteiger partial charge in [-0.15, -0.1) is 0 Å². The zero-order valence-electron chi connectivity index (χ0n) is 11.6. The molecule has 1 aromatic rings. The van der Waals surface area contributed by atoms with Crippen LogP contribution in [0.25, 0.3) is 0 Å². The highest BCUT2D eigenvalue weighted by atomic mass is 19.4. The lowest BCUT2D eigenvalue weighted by molar-refractivity contribution is -0.388. The number of nitrogens with one attached hydrogen (secondary N) is 1. The Labute approximate surface area is 128 Å². The lowest BCUT2D eigenvalue weighted by Crippen LogP contribution is -2.65. The van der Waals surface area contributed by atoms with Crippen LogP contribution in [0.2, 0.25) is 0 Å². The molecule has 0 fully saturated rings. The molecule has 0 atom stereocenters. The Balaban J connectivity index is 2.72. The number of aryl methyl sites for hydroxylation is 1. The molecule has 24 heavy (non-hydrogen) atoms. The maximum absolute atomic E-state index is 13.2. The van der Waals surface area contributed by atoms with Crippen LogP contribution >= 0.6 is 0 Å². The number of amides is 1. The standard InChI is InChI=1S/C11H10F9N3O/c12-8(13,9(14,15)10(16,17)11(18,19)20)7(24)22-2-1-4-23-5-3-21-6-23/h3,5-6H,1-2,4H2,(H,22,24). The molecular weight excluding hydrogens is 361 g/mol. The molecule has 0 aliphatic heterocycles. The summed E-state index contributed by atoms with van der Waals surface area (Å²) in [6.07, 6.45) is -2.91. The SMILES string of the molecule is O=C(NCCCn1ccnc1)C(F)(F)C(F)(F)C(F)(F)C(F)(F)F. The largest absolute Gasteiger partial charge is 0.460 e. The van der Waals surface area contributed by atoms with Crippen molar-refractivity contribution < 1.29 is 44.3 Å². The van der Waals surface area contributed by atoms with E-state index in [4.69, 9.17) is 0 Å². The predicted molar refractivity (Wildman–Crippen MR) is 60.7 cm³/mol. The molecule has 0 aliphatic rings. The van der Waals surface area contributed by atoms with Crippen molar-refractivity contribution in [1.82, 2.24) is 14.9 Å². The first-order chi connectivity index (χ1) is 10.7.